The molecule has 1 N–H and O–H groups in total. The van der Waals surface area contributed by atoms with Crippen molar-refractivity contribution in [3.63, 3.8) is 0 Å². The number of nitrogens with zero attached hydrogens (tertiary/aromatic N) is 3. The zero-order valence-electron chi connectivity index (χ0n) is 18.8. The summed E-state index contributed by atoms with van der Waals surface area (Å²) in [7, 11) is 0. The van der Waals surface area contributed by atoms with Crippen molar-refractivity contribution in [2.45, 2.75) is 38.9 Å². The van der Waals surface area contributed by atoms with E-state index in [0.717, 1.165) is 16.6 Å². The second kappa shape index (κ2) is 10.4. The Hall–Kier alpha value is -2.91. The van der Waals surface area contributed by atoms with Gasteiger partial charge in [0.2, 0.25) is 5.91 Å². The van der Waals surface area contributed by atoms with Crippen LogP contribution in [0.15, 0.2) is 52.5 Å². The summed E-state index contributed by atoms with van der Waals surface area (Å²) in [5, 5.41) is 4.31. The van der Waals surface area contributed by atoms with Crippen LogP contribution in [0.4, 0.5) is 5.69 Å². The summed E-state index contributed by atoms with van der Waals surface area (Å²) in [6.45, 7) is 7.21. The molecule has 0 saturated heterocycles. The number of amides is 1. The third-order valence-corrected chi connectivity index (χ3v) is 7.11. The Labute approximate surface area is 200 Å². The van der Waals surface area contributed by atoms with Gasteiger partial charge in [0.25, 0.3) is 5.56 Å². The molecular weight excluding hydrogens is 456 g/mol. The first-order valence-electron chi connectivity index (χ1n) is 10.9. The molecule has 0 bridgehead atoms. The molecule has 0 aliphatic rings. The summed E-state index contributed by atoms with van der Waals surface area (Å²) in [5.41, 5.74) is 1.20. The number of aromatic nitrogens is 3. The topological polar surface area (TPSA) is 86.1 Å². The van der Waals surface area contributed by atoms with Crippen LogP contribution >= 0.6 is 23.1 Å². The lowest BCUT2D eigenvalue weighted by molar-refractivity contribution is -0.113. The van der Waals surface area contributed by atoms with E-state index < -0.39 is 0 Å². The Kier molecular flexibility index (Phi) is 7.29. The number of thioether (sulfide) groups is 1. The van der Waals surface area contributed by atoms with E-state index in [1.807, 2.05) is 37.3 Å². The Morgan fingerprint density at radius 3 is 2.85 bits per heavy atom. The SMILES string of the molecule is CCOc1ccccc1NC(=O)CSc1nc2c(sc3ncccc32)c(=O)n1CCC(C)C. The Balaban J connectivity index is 1.63. The highest BCUT2D eigenvalue weighted by atomic mass is 32.2. The summed E-state index contributed by atoms with van der Waals surface area (Å²) in [5.74, 6) is 1.01. The van der Waals surface area contributed by atoms with Crippen LogP contribution in [0.25, 0.3) is 20.4 Å². The first-order chi connectivity index (χ1) is 16.0. The highest BCUT2D eigenvalue weighted by Crippen LogP contribution is 2.31. The smallest absolute Gasteiger partial charge is 0.272 e. The number of nitrogens with one attached hydrogen (secondary N) is 1. The summed E-state index contributed by atoms with van der Waals surface area (Å²) < 4.78 is 7.89. The number of carbonyl (C=O) groups is 1. The van der Waals surface area contributed by atoms with Crippen LogP contribution in [0, 0.1) is 5.92 Å². The van der Waals surface area contributed by atoms with Gasteiger partial charge in [-0.15, -0.1) is 11.3 Å². The van der Waals surface area contributed by atoms with Crippen LogP contribution in [-0.4, -0.2) is 32.8 Å². The van der Waals surface area contributed by atoms with Gasteiger partial charge in [0.15, 0.2) is 5.16 Å². The Bertz CT molecular complexity index is 1350. The quantitative estimate of drug-likeness (QED) is 0.261. The van der Waals surface area contributed by atoms with Gasteiger partial charge in [-0.2, -0.15) is 0 Å². The average Bonchev–Trinajstić information content (AvgIpc) is 3.17. The standard InChI is InChI=1S/C24H26N4O3S2/c1-4-31-18-10-6-5-9-17(18)26-19(29)14-32-24-27-20-16-8-7-12-25-22(16)33-21(20)23(30)28(24)13-11-15(2)3/h5-10,12,15H,4,11,13-14H2,1-3H3,(H,26,29). The fraction of sp³-hybridized carbons (Fsp3) is 0.333. The minimum Gasteiger partial charge on any atom is -0.492 e. The highest BCUT2D eigenvalue weighted by molar-refractivity contribution is 7.99. The molecule has 7 nitrogen and oxygen atoms in total. The molecule has 33 heavy (non-hydrogen) atoms. The summed E-state index contributed by atoms with van der Waals surface area (Å²) in [6.07, 6.45) is 2.56. The first-order valence-corrected chi connectivity index (χ1v) is 12.7. The molecule has 9 heteroatoms. The lowest BCUT2D eigenvalue weighted by Gasteiger charge is -2.14. The third-order valence-electron chi connectivity index (χ3n) is 5.04. The van der Waals surface area contributed by atoms with Gasteiger partial charge in [-0.05, 0) is 43.5 Å². The molecule has 0 radical (unpaired) electrons. The molecule has 1 aromatic carbocycles. The van der Waals surface area contributed by atoms with Crippen LogP contribution in [0.5, 0.6) is 5.75 Å². The van der Waals surface area contributed by atoms with E-state index in [9.17, 15) is 9.59 Å². The number of pyridine rings is 1. The van der Waals surface area contributed by atoms with E-state index in [2.05, 4.69) is 24.1 Å². The second-order valence-corrected chi connectivity index (χ2v) is 9.88. The van der Waals surface area contributed by atoms with Crippen LogP contribution in [0.2, 0.25) is 0 Å². The molecule has 4 rings (SSSR count). The number of ether oxygens (including phenoxy) is 1. The van der Waals surface area contributed by atoms with Gasteiger partial charge in [-0.1, -0.05) is 37.7 Å². The third kappa shape index (κ3) is 5.20. The minimum absolute atomic E-state index is 0.0757. The molecule has 172 valence electrons. The van der Waals surface area contributed by atoms with E-state index in [4.69, 9.17) is 9.72 Å². The maximum absolute atomic E-state index is 13.4. The van der Waals surface area contributed by atoms with Gasteiger partial charge >= 0.3 is 0 Å². The van der Waals surface area contributed by atoms with Crippen LogP contribution < -0.4 is 15.6 Å². The van der Waals surface area contributed by atoms with Crippen LogP contribution in [-0.2, 0) is 11.3 Å². The van der Waals surface area contributed by atoms with Crippen molar-refractivity contribution >= 4 is 55.1 Å². The maximum Gasteiger partial charge on any atom is 0.272 e. The van der Waals surface area contributed by atoms with Crippen molar-refractivity contribution in [3.05, 3.63) is 52.9 Å². The fourth-order valence-electron chi connectivity index (χ4n) is 3.40. The maximum atomic E-state index is 13.4. The van der Waals surface area contributed by atoms with Crippen LogP contribution in [0.1, 0.15) is 27.2 Å². The number of benzene rings is 1. The number of anilines is 1. The predicted molar refractivity (Wildman–Crippen MR) is 136 cm³/mol. The molecule has 0 saturated carbocycles. The summed E-state index contributed by atoms with van der Waals surface area (Å²) in [6, 6.07) is 11.1. The number of rotatable bonds is 9. The van der Waals surface area contributed by atoms with Gasteiger partial charge < -0.3 is 10.1 Å². The molecule has 0 unspecified atom stereocenters. The molecule has 3 aromatic heterocycles. The number of para-hydroxylation sites is 2. The normalized spacial score (nSPS) is 11.4. The van der Waals surface area contributed by atoms with Gasteiger partial charge in [0, 0.05) is 18.1 Å². The van der Waals surface area contributed by atoms with Crippen molar-refractivity contribution in [2.24, 2.45) is 5.92 Å². The number of hydrogen-bond donors (Lipinski definition) is 1. The molecular formula is C24H26N4O3S2. The molecule has 3 heterocycles. The number of hydrogen-bond acceptors (Lipinski definition) is 7. The fourth-order valence-corrected chi connectivity index (χ4v) is 5.25. The zero-order chi connectivity index (χ0) is 23.4. The van der Waals surface area contributed by atoms with E-state index in [-0.39, 0.29) is 17.2 Å². The molecule has 1 amide bonds. The van der Waals surface area contributed by atoms with E-state index in [0.29, 0.717) is 45.9 Å². The second-order valence-electron chi connectivity index (χ2n) is 7.94. The first kappa shape index (κ1) is 23.3. The summed E-state index contributed by atoms with van der Waals surface area (Å²) >= 11 is 2.64. The predicted octanol–water partition coefficient (Wildman–Crippen LogP) is 5.18. The van der Waals surface area contributed by atoms with Gasteiger partial charge in [-0.25, -0.2) is 9.97 Å². The molecule has 0 fully saturated rings. The molecule has 0 aliphatic carbocycles. The number of fused-ring (bicyclic) bond motifs is 3. The van der Waals surface area contributed by atoms with Crippen molar-refractivity contribution in [1.82, 2.24) is 14.5 Å². The summed E-state index contributed by atoms with van der Waals surface area (Å²) in [4.78, 5) is 36.1. The van der Waals surface area contributed by atoms with Crippen molar-refractivity contribution in [3.8, 4) is 5.75 Å². The van der Waals surface area contributed by atoms with Crippen molar-refractivity contribution in [2.75, 3.05) is 17.7 Å². The lowest BCUT2D eigenvalue weighted by Crippen LogP contribution is -2.24. The minimum atomic E-state index is -0.186. The van der Waals surface area contributed by atoms with E-state index >= 15 is 0 Å². The van der Waals surface area contributed by atoms with Crippen LogP contribution in [0.3, 0.4) is 0 Å². The molecule has 0 atom stereocenters. The lowest BCUT2D eigenvalue weighted by atomic mass is 10.1. The molecule has 0 spiro atoms. The average molecular weight is 483 g/mol. The Morgan fingerprint density at radius 2 is 2.06 bits per heavy atom. The molecule has 4 aromatic rings. The van der Waals surface area contributed by atoms with Gasteiger partial charge in [0.1, 0.15) is 15.3 Å². The zero-order valence-corrected chi connectivity index (χ0v) is 20.5. The number of carbonyl (C=O) groups excluding carboxylic acids is 1. The van der Waals surface area contributed by atoms with Gasteiger partial charge in [-0.3, -0.25) is 14.2 Å². The van der Waals surface area contributed by atoms with E-state index in [1.165, 1.54) is 23.1 Å². The highest BCUT2D eigenvalue weighted by Gasteiger charge is 2.18. The largest absolute Gasteiger partial charge is 0.492 e. The van der Waals surface area contributed by atoms with Crippen molar-refractivity contribution in [1.29, 1.82) is 0 Å². The molecule has 0 aliphatic heterocycles. The van der Waals surface area contributed by atoms with E-state index in [1.54, 1.807) is 16.8 Å². The monoisotopic (exact) mass is 482 g/mol. The Morgan fingerprint density at radius 1 is 1.24 bits per heavy atom. The van der Waals surface area contributed by atoms with Gasteiger partial charge in [0.05, 0.1) is 23.6 Å². The van der Waals surface area contributed by atoms with Crippen molar-refractivity contribution < 1.29 is 9.53 Å². The number of thiophene rings is 1.